The van der Waals surface area contributed by atoms with Gasteiger partial charge in [-0.2, -0.15) is 0 Å². The monoisotopic (exact) mass is 945 g/mol. The third kappa shape index (κ3) is 10.5. The van der Waals surface area contributed by atoms with Gasteiger partial charge in [-0.15, -0.1) is 0 Å². The van der Waals surface area contributed by atoms with Gasteiger partial charge >= 0.3 is 17.3 Å². The van der Waals surface area contributed by atoms with Crippen LogP contribution in [0.1, 0.15) is 18.1 Å². The molecular weight excluding hydrogens is 892 g/mol. The van der Waals surface area contributed by atoms with Crippen LogP contribution >= 0.6 is 0 Å². The minimum Gasteiger partial charge on any atom is -0.508 e. The Kier molecular flexibility index (Phi) is 15.4. The van der Waals surface area contributed by atoms with Crippen molar-refractivity contribution in [2.24, 2.45) is 0 Å². The highest BCUT2D eigenvalue weighted by Crippen LogP contribution is 2.45. The van der Waals surface area contributed by atoms with Crippen molar-refractivity contribution in [3.63, 3.8) is 0 Å². The largest absolute Gasteiger partial charge is 0.508 e. The van der Waals surface area contributed by atoms with E-state index in [1.807, 2.05) is 0 Å². The van der Waals surface area contributed by atoms with Gasteiger partial charge in [0.2, 0.25) is 24.1 Å². The highest BCUT2D eigenvalue weighted by Gasteiger charge is 2.48. The summed E-state index contributed by atoms with van der Waals surface area (Å²) in [6, 6.07) is 12.8. The fourth-order valence-electron chi connectivity index (χ4n) is 7.88. The van der Waals surface area contributed by atoms with Gasteiger partial charge in [0.25, 0.3) is 0 Å². The average molecular weight is 946 g/mol. The quantitative estimate of drug-likeness (QED) is 0.0403. The number of benzene rings is 3. The minimum absolute atomic E-state index is 0.0152. The van der Waals surface area contributed by atoms with Crippen molar-refractivity contribution in [1.29, 1.82) is 0 Å². The number of esters is 1. The third-order valence-corrected chi connectivity index (χ3v) is 11.7. The molecule has 4 heterocycles. The van der Waals surface area contributed by atoms with Crippen LogP contribution in [0.15, 0.2) is 65.1 Å². The summed E-state index contributed by atoms with van der Waals surface area (Å²) in [5, 5.41) is 126. The van der Waals surface area contributed by atoms with Crippen molar-refractivity contribution >= 4 is 23.0 Å². The van der Waals surface area contributed by atoms with Crippen molar-refractivity contribution in [3.8, 4) is 45.8 Å². The number of aliphatic hydroxyl groups excluding tert-OH is 10. The van der Waals surface area contributed by atoms with Gasteiger partial charge in [-0.25, -0.2) is 9.21 Å². The first kappa shape index (κ1) is 49.5. The highest BCUT2D eigenvalue weighted by atomic mass is 16.7. The topological polar surface area (TPSA) is 345 Å². The maximum atomic E-state index is 12.8. The molecule has 3 fully saturated rings. The van der Waals surface area contributed by atoms with Gasteiger partial charge in [-0.05, 0) is 42.3 Å². The standard InChI is InChI=1S/C45H52O22/c1-18-33(49)38(54)41(57)44(62-18)63-23-7-4-19(5-8-23)6-9-32(48)61-17-31-37(53)40(56)42(58)45(67-31)66-29-15-24-20(11-28-35(51)39(55)36(52)30(16-46)64-28)10-22(47)14-25(24)65-43(29)21-12-26(59-2)34(50)27(13-21)60-3/h4-10,12-15,18,28,30-31,33,35-42,44-46,49,51-58H,11,16-17H2,1-3H3,(H-,47,50)/p+1/b9-6-/t18-,28-,30+,31+,33-,35-,36+,37+,38+,39+,40-,41+,42+,44-,45+/m0/s1. The van der Waals surface area contributed by atoms with Crippen molar-refractivity contribution in [1.82, 2.24) is 0 Å². The Hall–Kier alpha value is -5.44. The normalized spacial score (nSPS) is 32.2. The number of methoxy groups -OCH3 is 2. The summed E-state index contributed by atoms with van der Waals surface area (Å²) in [6.07, 6.45) is -20.4. The molecule has 3 aromatic carbocycles. The Morgan fingerprint density at radius 1 is 0.672 bits per heavy atom. The molecule has 0 amide bonds. The van der Waals surface area contributed by atoms with Crippen molar-refractivity contribution in [3.05, 3.63) is 71.8 Å². The van der Waals surface area contributed by atoms with Crippen LogP contribution in [-0.2, 0) is 30.2 Å². The summed E-state index contributed by atoms with van der Waals surface area (Å²) in [6.45, 7) is 0.186. The molecular formula is C45H53O22+. The van der Waals surface area contributed by atoms with E-state index in [9.17, 15) is 66.1 Å². The molecule has 0 bridgehead atoms. The van der Waals surface area contributed by atoms with Crippen LogP contribution in [0.2, 0.25) is 0 Å². The molecule has 7 rings (SSSR count). The maximum absolute atomic E-state index is 12.8. The molecule has 364 valence electrons. The lowest BCUT2D eigenvalue weighted by atomic mass is 9.90. The van der Waals surface area contributed by atoms with E-state index < -0.39 is 111 Å². The second-order valence-corrected chi connectivity index (χ2v) is 16.2. The number of phenolic OH excluding ortho intramolecular Hbond substituents is 2. The van der Waals surface area contributed by atoms with Crippen LogP contribution < -0.4 is 18.9 Å². The van der Waals surface area contributed by atoms with E-state index in [0.717, 1.165) is 6.08 Å². The molecule has 0 radical (unpaired) electrons. The summed E-state index contributed by atoms with van der Waals surface area (Å²) < 4.78 is 51.2. The summed E-state index contributed by atoms with van der Waals surface area (Å²) in [7, 11) is 2.57. The van der Waals surface area contributed by atoms with Crippen LogP contribution in [0, 0.1) is 0 Å². The van der Waals surface area contributed by atoms with E-state index in [1.165, 1.54) is 69.7 Å². The van der Waals surface area contributed by atoms with Gasteiger partial charge in [-0.1, -0.05) is 12.1 Å². The van der Waals surface area contributed by atoms with Gasteiger partial charge in [0.1, 0.15) is 85.2 Å². The lowest BCUT2D eigenvalue weighted by Crippen LogP contribution is -2.60. The molecule has 15 atom stereocenters. The second kappa shape index (κ2) is 20.8. The van der Waals surface area contributed by atoms with Crippen LogP contribution in [0.5, 0.6) is 34.5 Å². The Morgan fingerprint density at radius 3 is 1.91 bits per heavy atom. The first-order chi connectivity index (χ1) is 31.9. The molecule has 0 unspecified atom stereocenters. The summed E-state index contributed by atoms with van der Waals surface area (Å²) in [5.74, 6) is -1.77. The number of phenols is 2. The molecule has 3 aliphatic heterocycles. The number of hydrogen-bond acceptors (Lipinski definition) is 21. The molecule has 3 saturated heterocycles. The first-order valence-corrected chi connectivity index (χ1v) is 21.0. The zero-order valence-corrected chi connectivity index (χ0v) is 36.1. The number of rotatable bonds is 14. The number of aromatic hydroxyl groups is 2. The number of ether oxygens (including phenoxy) is 8. The number of carbonyl (C=O) groups excluding carboxylic acids is 1. The molecule has 12 N–H and O–H groups in total. The number of hydrogen-bond donors (Lipinski definition) is 12. The Balaban J connectivity index is 1.12. The molecule has 0 saturated carbocycles. The van der Waals surface area contributed by atoms with Gasteiger partial charge in [0.15, 0.2) is 11.5 Å². The lowest BCUT2D eigenvalue weighted by Gasteiger charge is -2.40. The van der Waals surface area contributed by atoms with Crippen LogP contribution in [0.25, 0.3) is 28.4 Å². The number of carbonyl (C=O) groups is 1. The van der Waals surface area contributed by atoms with Crippen LogP contribution in [-0.4, -0.2) is 187 Å². The SMILES string of the molecule is COc1cc(-c2[o+]c3cc(O)cc(C[C@@H]4O[C@H](CO)[C@@H](O)[C@H](O)[C@H]4O)c3cc2O[C@@H]2O[C@H](COC(=O)/C=C\c3ccc(O[C@@H]4O[C@@H](C)[C@H](O)[C@@H](O)[C@H]4O)cc3)[C@@H](O)[C@H](O)[C@H]2O)cc(OC)c1O. The van der Waals surface area contributed by atoms with Gasteiger partial charge in [0, 0.05) is 30.7 Å². The molecule has 22 heteroatoms. The zero-order chi connectivity index (χ0) is 48.4. The predicted molar refractivity (Wildman–Crippen MR) is 227 cm³/mol. The van der Waals surface area contributed by atoms with Crippen molar-refractivity contribution in [2.75, 3.05) is 27.4 Å². The molecule has 4 aromatic rings. The van der Waals surface area contributed by atoms with E-state index in [4.69, 9.17) is 42.3 Å². The van der Waals surface area contributed by atoms with Crippen molar-refractivity contribution in [2.45, 2.75) is 105 Å². The third-order valence-electron chi connectivity index (χ3n) is 11.7. The zero-order valence-electron chi connectivity index (χ0n) is 36.1. The smallest absolute Gasteiger partial charge is 0.402 e. The van der Waals surface area contributed by atoms with Crippen LogP contribution in [0.4, 0.5) is 0 Å². The first-order valence-electron chi connectivity index (χ1n) is 21.0. The Morgan fingerprint density at radius 2 is 1.27 bits per heavy atom. The fourth-order valence-corrected chi connectivity index (χ4v) is 7.88. The molecule has 0 aliphatic carbocycles. The Bertz CT molecular complexity index is 2350. The van der Waals surface area contributed by atoms with Gasteiger partial charge in [0.05, 0.1) is 50.1 Å². The van der Waals surface area contributed by atoms with Crippen LogP contribution in [0.3, 0.4) is 0 Å². The van der Waals surface area contributed by atoms with Gasteiger partial charge < -0.3 is 99.2 Å². The molecule has 67 heavy (non-hydrogen) atoms. The predicted octanol–water partition coefficient (Wildman–Crippen LogP) is -1.16. The van der Waals surface area contributed by atoms with Gasteiger partial charge in [-0.3, -0.25) is 0 Å². The lowest BCUT2D eigenvalue weighted by molar-refractivity contribution is -0.278. The number of fused-ring (bicyclic) bond motifs is 1. The summed E-state index contributed by atoms with van der Waals surface area (Å²) in [4.78, 5) is 12.8. The summed E-state index contributed by atoms with van der Waals surface area (Å²) >= 11 is 0. The highest BCUT2D eigenvalue weighted by molar-refractivity contribution is 5.88. The molecule has 3 aliphatic rings. The van der Waals surface area contributed by atoms with E-state index in [1.54, 1.807) is 12.1 Å². The van der Waals surface area contributed by atoms with E-state index in [2.05, 4.69) is 0 Å². The van der Waals surface area contributed by atoms with Crippen molar-refractivity contribution < 1.29 is 108 Å². The second-order valence-electron chi connectivity index (χ2n) is 16.2. The average Bonchev–Trinajstić information content (AvgIpc) is 3.32. The molecule has 0 spiro atoms. The maximum Gasteiger partial charge on any atom is 0.402 e. The fraction of sp³-hybridized carbons (Fsp3) is 0.467. The minimum atomic E-state index is -1.93. The molecule has 1 aromatic heterocycles. The van der Waals surface area contributed by atoms with E-state index in [0.29, 0.717) is 5.56 Å². The summed E-state index contributed by atoms with van der Waals surface area (Å²) in [5.41, 5.74) is 0.918. The van der Waals surface area contributed by atoms with E-state index in [-0.39, 0.29) is 68.8 Å². The van der Waals surface area contributed by atoms with E-state index >= 15 is 0 Å². The molecule has 22 nitrogen and oxygen atoms in total. The Labute approximate surface area is 381 Å². The number of aliphatic hydroxyl groups is 10.